The monoisotopic (exact) mass is 546 g/mol. The number of benzene rings is 3. The summed E-state index contributed by atoms with van der Waals surface area (Å²) in [5.41, 5.74) is 9.89. The summed E-state index contributed by atoms with van der Waals surface area (Å²) in [5.74, 6) is 2.42. The molecule has 0 spiro atoms. The molecule has 0 aliphatic carbocycles. The Morgan fingerprint density at radius 2 is 1.51 bits per heavy atom. The summed E-state index contributed by atoms with van der Waals surface area (Å²) in [4.78, 5) is 0. The van der Waals surface area contributed by atoms with Crippen molar-refractivity contribution in [1.82, 2.24) is 9.13 Å². The number of nitrogens with zero attached hydrogens (tertiary/aromatic N) is 3. The van der Waals surface area contributed by atoms with Crippen molar-refractivity contribution in [3.63, 3.8) is 0 Å². The van der Waals surface area contributed by atoms with Crippen LogP contribution in [0.2, 0.25) is 0 Å². The van der Waals surface area contributed by atoms with Crippen LogP contribution >= 0.6 is 0 Å². The molecule has 3 nitrogen and oxygen atoms in total. The van der Waals surface area contributed by atoms with Crippen molar-refractivity contribution >= 4 is 21.8 Å². The molecule has 6 rings (SSSR count). The molecule has 5 aromatic rings. The van der Waals surface area contributed by atoms with Crippen molar-refractivity contribution in [2.24, 2.45) is 18.9 Å². The van der Waals surface area contributed by atoms with E-state index in [9.17, 15) is 0 Å². The molecular formula is C38H48N3+. The molecule has 0 saturated heterocycles. The maximum atomic E-state index is 2.63. The van der Waals surface area contributed by atoms with Gasteiger partial charge in [0.2, 0.25) is 0 Å². The van der Waals surface area contributed by atoms with E-state index in [1.165, 1.54) is 55.6 Å². The van der Waals surface area contributed by atoms with E-state index >= 15 is 0 Å². The lowest BCUT2D eigenvalue weighted by Crippen LogP contribution is -2.67. The van der Waals surface area contributed by atoms with Gasteiger partial charge in [0.1, 0.15) is 23.6 Å². The lowest BCUT2D eigenvalue weighted by Gasteiger charge is -2.47. The van der Waals surface area contributed by atoms with Crippen molar-refractivity contribution < 1.29 is 4.57 Å². The number of imidazole rings is 1. The summed E-state index contributed by atoms with van der Waals surface area (Å²) in [7, 11) is 2.26. The average Bonchev–Trinajstić information content (AvgIpc) is 3.51. The standard InChI is InChI=1S/C38H48N3/c1-10-37(7)32-18-14-12-17-29(32)36-40(20-21-41(36)38(37,8)11-2)34-27(22-25(3)4)24-30-28-16-13-15-19-33(28)39(9)35(30)31(34)23-26(5)6/h12-21,24-26H,10-11,22-23H2,1-9H3/q+1. The van der Waals surface area contributed by atoms with Gasteiger partial charge in [-0.05, 0) is 68.2 Å². The van der Waals surface area contributed by atoms with Gasteiger partial charge in [-0.15, -0.1) is 0 Å². The molecule has 3 heteroatoms. The third-order valence-electron chi connectivity index (χ3n) is 10.5. The van der Waals surface area contributed by atoms with E-state index in [0.29, 0.717) is 11.8 Å². The zero-order valence-electron chi connectivity index (χ0n) is 26.7. The number of aryl methyl sites for hydroxylation is 1. The molecule has 2 unspecified atom stereocenters. The third kappa shape index (κ3) is 3.87. The Morgan fingerprint density at radius 1 is 0.829 bits per heavy atom. The summed E-state index contributed by atoms with van der Waals surface area (Å²) in [6.45, 7) is 19.1. The van der Waals surface area contributed by atoms with Gasteiger partial charge >= 0.3 is 0 Å². The summed E-state index contributed by atoms with van der Waals surface area (Å²) in [5, 5.41) is 2.75. The molecule has 2 aromatic heterocycles. The van der Waals surface area contributed by atoms with Crippen LogP contribution in [0.15, 0.2) is 67.0 Å². The molecule has 3 heterocycles. The highest BCUT2D eigenvalue weighted by atomic mass is 15.2. The fourth-order valence-electron chi connectivity index (χ4n) is 8.06. The minimum atomic E-state index is -0.0309. The fourth-order valence-corrected chi connectivity index (χ4v) is 8.06. The highest BCUT2D eigenvalue weighted by Crippen LogP contribution is 2.50. The quantitative estimate of drug-likeness (QED) is 0.181. The summed E-state index contributed by atoms with van der Waals surface area (Å²) in [6, 6.07) is 20.7. The van der Waals surface area contributed by atoms with E-state index in [1.807, 2.05) is 0 Å². The lowest BCUT2D eigenvalue weighted by atomic mass is 9.61. The van der Waals surface area contributed by atoms with E-state index < -0.39 is 0 Å². The molecule has 0 amide bonds. The van der Waals surface area contributed by atoms with Crippen LogP contribution in [0.4, 0.5) is 0 Å². The van der Waals surface area contributed by atoms with Crippen LogP contribution in [0.25, 0.3) is 38.9 Å². The molecule has 0 bridgehead atoms. The number of fused-ring (bicyclic) bond motifs is 6. The molecule has 1 aliphatic heterocycles. The summed E-state index contributed by atoms with van der Waals surface area (Å²) in [6.07, 6.45) is 9.03. The summed E-state index contributed by atoms with van der Waals surface area (Å²) < 4.78 is 7.66. The molecule has 0 saturated carbocycles. The van der Waals surface area contributed by atoms with Crippen LogP contribution in [-0.4, -0.2) is 9.13 Å². The van der Waals surface area contributed by atoms with E-state index in [4.69, 9.17) is 0 Å². The Balaban J connectivity index is 1.78. The van der Waals surface area contributed by atoms with E-state index in [2.05, 4.69) is 143 Å². The van der Waals surface area contributed by atoms with Gasteiger partial charge in [0.25, 0.3) is 5.82 Å². The van der Waals surface area contributed by atoms with Crippen LogP contribution in [0.1, 0.15) is 84.9 Å². The largest absolute Gasteiger partial charge is 0.343 e. The third-order valence-corrected chi connectivity index (χ3v) is 10.5. The Morgan fingerprint density at radius 3 is 2.20 bits per heavy atom. The molecular weight excluding hydrogens is 498 g/mol. The molecule has 0 N–H and O–H groups in total. The van der Waals surface area contributed by atoms with E-state index in [-0.39, 0.29) is 11.0 Å². The van der Waals surface area contributed by atoms with Crippen molar-refractivity contribution in [3.05, 3.63) is 83.7 Å². The highest BCUT2D eigenvalue weighted by Gasteiger charge is 2.55. The predicted octanol–water partition coefficient (Wildman–Crippen LogP) is 9.28. The molecule has 2 atom stereocenters. The molecule has 3 aromatic carbocycles. The Hall–Kier alpha value is -3.33. The van der Waals surface area contributed by atoms with Crippen LogP contribution in [0, 0.1) is 11.8 Å². The second-order valence-corrected chi connectivity index (χ2v) is 13.8. The first-order valence-electron chi connectivity index (χ1n) is 15.8. The average molecular weight is 547 g/mol. The van der Waals surface area contributed by atoms with Gasteiger partial charge < -0.3 is 4.57 Å². The van der Waals surface area contributed by atoms with Gasteiger partial charge in [0.05, 0.1) is 11.1 Å². The fraction of sp³-hybridized carbons (Fsp3) is 0.447. The first-order chi connectivity index (χ1) is 19.6. The van der Waals surface area contributed by atoms with Gasteiger partial charge in [-0.25, -0.2) is 4.57 Å². The van der Waals surface area contributed by atoms with Crippen LogP contribution in [-0.2, 0) is 30.8 Å². The highest BCUT2D eigenvalue weighted by molar-refractivity contribution is 6.10. The van der Waals surface area contributed by atoms with Gasteiger partial charge in [0, 0.05) is 39.9 Å². The van der Waals surface area contributed by atoms with Crippen molar-refractivity contribution in [2.75, 3.05) is 0 Å². The lowest BCUT2D eigenvalue weighted by molar-refractivity contribution is -0.764. The number of rotatable bonds is 7. The molecule has 1 aliphatic rings. The second kappa shape index (κ2) is 9.89. The molecule has 41 heavy (non-hydrogen) atoms. The van der Waals surface area contributed by atoms with Crippen molar-refractivity contribution in [1.29, 1.82) is 0 Å². The first-order valence-corrected chi connectivity index (χ1v) is 15.8. The summed E-state index contributed by atoms with van der Waals surface area (Å²) >= 11 is 0. The number of aromatic nitrogens is 3. The Bertz CT molecular complexity index is 1760. The number of para-hydroxylation sites is 1. The van der Waals surface area contributed by atoms with Crippen LogP contribution in [0.3, 0.4) is 0 Å². The van der Waals surface area contributed by atoms with Crippen molar-refractivity contribution in [3.8, 4) is 17.1 Å². The zero-order chi connectivity index (χ0) is 29.3. The van der Waals surface area contributed by atoms with E-state index in [0.717, 1.165) is 25.7 Å². The van der Waals surface area contributed by atoms with Crippen LogP contribution in [0.5, 0.6) is 0 Å². The molecule has 0 fully saturated rings. The minimum absolute atomic E-state index is 0.0309. The zero-order valence-corrected chi connectivity index (χ0v) is 26.7. The maximum Gasteiger partial charge on any atom is 0.294 e. The van der Waals surface area contributed by atoms with Gasteiger partial charge in [-0.2, -0.15) is 4.57 Å². The normalized spacial score (nSPS) is 20.4. The molecule has 0 radical (unpaired) electrons. The van der Waals surface area contributed by atoms with Crippen molar-refractivity contribution in [2.45, 2.75) is 92.0 Å². The smallest absolute Gasteiger partial charge is 0.294 e. The van der Waals surface area contributed by atoms with Gasteiger partial charge in [-0.1, -0.05) is 84.9 Å². The predicted molar refractivity (Wildman–Crippen MR) is 174 cm³/mol. The van der Waals surface area contributed by atoms with Gasteiger partial charge in [0.15, 0.2) is 0 Å². The van der Waals surface area contributed by atoms with E-state index in [1.54, 1.807) is 0 Å². The Kier molecular flexibility index (Phi) is 6.71. The van der Waals surface area contributed by atoms with Crippen LogP contribution < -0.4 is 4.57 Å². The van der Waals surface area contributed by atoms with Gasteiger partial charge in [-0.3, -0.25) is 0 Å². The Labute approximate surface area is 246 Å². The topological polar surface area (TPSA) is 13.7 Å². The first kappa shape index (κ1) is 27.8. The molecule has 214 valence electrons. The second-order valence-electron chi connectivity index (χ2n) is 13.8. The number of hydrogen-bond acceptors (Lipinski definition) is 0. The SMILES string of the molecule is CCC1(C)c2ccccc2-c2n(-c3c(CC(C)C)cc4c5ccccc5n(C)c4c3CC(C)C)cc[n+]2C1(C)CC. The minimum Gasteiger partial charge on any atom is -0.343 e. The number of hydrogen-bond donors (Lipinski definition) is 0. The maximum absolute atomic E-state index is 2.63.